The topological polar surface area (TPSA) is 21.3 Å². The highest BCUT2D eigenvalue weighted by Crippen LogP contribution is 2.19. The molecule has 0 unspecified atom stereocenters. The molecule has 0 aliphatic carbocycles. The van der Waals surface area contributed by atoms with Crippen LogP contribution in [0.25, 0.3) is 0 Å². The maximum Gasteiger partial charge on any atom is 0.0972 e. The maximum absolute atomic E-state index is 5.73. The van der Waals surface area contributed by atoms with Gasteiger partial charge in [-0.25, -0.2) is 0 Å². The Morgan fingerprint density at radius 3 is 2.08 bits per heavy atom. The van der Waals surface area contributed by atoms with Gasteiger partial charge in [0.1, 0.15) is 0 Å². The minimum atomic E-state index is -0.0238. The highest BCUT2D eigenvalue weighted by Gasteiger charge is 2.22. The van der Waals surface area contributed by atoms with Gasteiger partial charge in [0, 0.05) is 0 Å². The van der Waals surface area contributed by atoms with Crippen LogP contribution >= 0.6 is 0 Å². The van der Waals surface area contributed by atoms with Gasteiger partial charge in [0.15, 0.2) is 0 Å². The van der Waals surface area contributed by atoms with E-state index in [4.69, 9.17) is 4.74 Å². The molecule has 0 fully saturated rings. The maximum atomic E-state index is 5.73. The monoisotopic (exact) mass is 187 g/mol. The van der Waals surface area contributed by atoms with E-state index in [0.717, 1.165) is 6.54 Å². The second-order valence-corrected chi connectivity index (χ2v) is 4.89. The van der Waals surface area contributed by atoms with E-state index in [1.165, 1.54) is 0 Å². The first-order valence-corrected chi connectivity index (χ1v) is 5.21. The van der Waals surface area contributed by atoms with Crippen molar-refractivity contribution in [3.63, 3.8) is 0 Å². The third kappa shape index (κ3) is 6.05. The van der Waals surface area contributed by atoms with Gasteiger partial charge in [0.25, 0.3) is 0 Å². The molecule has 0 aromatic heterocycles. The van der Waals surface area contributed by atoms with Crippen LogP contribution in [0.15, 0.2) is 0 Å². The fourth-order valence-corrected chi connectivity index (χ4v) is 0.751. The van der Waals surface area contributed by atoms with Crippen molar-refractivity contribution in [1.29, 1.82) is 0 Å². The zero-order valence-corrected chi connectivity index (χ0v) is 9.98. The van der Waals surface area contributed by atoms with Crippen molar-refractivity contribution in [2.24, 2.45) is 11.8 Å². The van der Waals surface area contributed by atoms with E-state index >= 15 is 0 Å². The average Bonchev–Trinajstić information content (AvgIpc) is 1.97. The second kappa shape index (κ2) is 5.61. The minimum absolute atomic E-state index is 0.0238. The molecule has 1 N–H and O–H groups in total. The Morgan fingerprint density at radius 2 is 1.69 bits per heavy atom. The van der Waals surface area contributed by atoms with Crippen molar-refractivity contribution in [3.05, 3.63) is 0 Å². The summed E-state index contributed by atoms with van der Waals surface area (Å²) in [4.78, 5) is 0. The van der Waals surface area contributed by atoms with Gasteiger partial charge in [0.2, 0.25) is 0 Å². The second-order valence-electron chi connectivity index (χ2n) is 4.89. The first-order chi connectivity index (χ1) is 5.86. The van der Waals surface area contributed by atoms with Crippen LogP contribution in [-0.2, 0) is 4.74 Å². The Balaban J connectivity index is 3.52. The summed E-state index contributed by atoms with van der Waals surface area (Å²) in [6.07, 6.45) is 0. The number of hydrogen-bond donors (Lipinski definition) is 1. The van der Waals surface area contributed by atoms with E-state index in [-0.39, 0.29) is 5.60 Å². The van der Waals surface area contributed by atoms with Crippen molar-refractivity contribution >= 4 is 0 Å². The first kappa shape index (κ1) is 12.9. The number of ether oxygens (including phenoxy) is 1. The average molecular weight is 187 g/mol. The van der Waals surface area contributed by atoms with Gasteiger partial charge in [-0.15, -0.1) is 0 Å². The van der Waals surface area contributed by atoms with E-state index in [0.29, 0.717) is 18.6 Å². The molecule has 0 spiro atoms. The van der Waals surface area contributed by atoms with Crippen LogP contribution in [0, 0.1) is 11.8 Å². The molecule has 0 bridgehead atoms. The Kier molecular flexibility index (Phi) is 5.57. The highest BCUT2D eigenvalue weighted by atomic mass is 16.5. The highest BCUT2D eigenvalue weighted by molar-refractivity contribution is 4.72. The van der Waals surface area contributed by atoms with E-state index in [2.05, 4.69) is 46.9 Å². The summed E-state index contributed by atoms with van der Waals surface area (Å²) < 4.78 is 5.73. The fraction of sp³-hybridized carbons (Fsp3) is 1.00. The van der Waals surface area contributed by atoms with Crippen LogP contribution in [0.1, 0.15) is 41.5 Å². The first-order valence-electron chi connectivity index (χ1n) is 5.21. The van der Waals surface area contributed by atoms with Crippen LogP contribution in [0.3, 0.4) is 0 Å². The SMILES string of the molecule is CC(C)CNCOC(C)(C)C(C)C. The van der Waals surface area contributed by atoms with E-state index in [9.17, 15) is 0 Å². The lowest BCUT2D eigenvalue weighted by Gasteiger charge is -2.29. The van der Waals surface area contributed by atoms with Gasteiger partial charge in [-0.1, -0.05) is 27.7 Å². The molecule has 0 heterocycles. The molecule has 0 amide bonds. The van der Waals surface area contributed by atoms with Crippen LogP contribution < -0.4 is 5.32 Å². The van der Waals surface area contributed by atoms with Gasteiger partial charge in [-0.3, -0.25) is 5.32 Å². The molecule has 0 radical (unpaired) electrons. The van der Waals surface area contributed by atoms with Crippen molar-refractivity contribution in [1.82, 2.24) is 5.32 Å². The van der Waals surface area contributed by atoms with E-state index < -0.39 is 0 Å². The van der Waals surface area contributed by atoms with Crippen LogP contribution in [0.4, 0.5) is 0 Å². The zero-order chi connectivity index (χ0) is 10.5. The summed E-state index contributed by atoms with van der Waals surface area (Å²) in [5.74, 6) is 1.24. The van der Waals surface area contributed by atoms with Crippen LogP contribution in [0.5, 0.6) is 0 Å². The Labute approximate surface area is 83.1 Å². The number of rotatable bonds is 6. The van der Waals surface area contributed by atoms with Gasteiger partial charge in [-0.05, 0) is 32.2 Å². The molecule has 0 atom stereocenters. The molecule has 0 aliphatic heterocycles. The van der Waals surface area contributed by atoms with E-state index in [1.54, 1.807) is 0 Å². The summed E-state index contributed by atoms with van der Waals surface area (Å²) >= 11 is 0. The van der Waals surface area contributed by atoms with Crippen molar-refractivity contribution in [3.8, 4) is 0 Å². The lowest BCUT2D eigenvalue weighted by atomic mass is 9.95. The molecule has 0 rings (SSSR count). The van der Waals surface area contributed by atoms with Gasteiger partial charge < -0.3 is 4.74 Å². The molecule has 2 heteroatoms. The smallest absolute Gasteiger partial charge is 0.0972 e. The third-order valence-electron chi connectivity index (χ3n) is 2.49. The standard InChI is InChI=1S/C11H25NO/c1-9(2)7-12-8-13-11(5,6)10(3)4/h9-10,12H,7-8H2,1-6H3. The quantitative estimate of drug-likeness (QED) is 0.510. The fourth-order valence-electron chi connectivity index (χ4n) is 0.751. The molecule has 0 aliphatic rings. The Bertz CT molecular complexity index is 130. The molecule has 13 heavy (non-hydrogen) atoms. The van der Waals surface area contributed by atoms with Crippen molar-refractivity contribution < 1.29 is 4.74 Å². The summed E-state index contributed by atoms with van der Waals surface area (Å²) in [5, 5.41) is 3.27. The van der Waals surface area contributed by atoms with Gasteiger partial charge in [-0.2, -0.15) is 0 Å². The van der Waals surface area contributed by atoms with Crippen LogP contribution in [0.2, 0.25) is 0 Å². The predicted molar refractivity (Wildman–Crippen MR) is 57.7 cm³/mol. The molecule has 0 aromatic rings. The lowest BCUT2D eigenvalue weighted by molar-refractivity contribution is -0.0588. The molecule has 80 valence electrons. The van der Waals surface area contributed by atoms with Crippen molar-refractivity contribution in [2.45, 2.75) is 47.1 Å². The van der Waals surface area contributed by atoms with Gasteiger partial charge >= 0.3 is 0 Å². The number of hydrogen-bond acceptors (Lipinski definition) is 2. The van der Waals surface area contributed by atoms with E-state index in [1.807, 2.05) is 0 Å². The van der Waals surface area contributed by atoms with Crippen LogP contribution in [-0.4, -0.2) is 18.9 Å². The van der Waals surface area contributed by atoms with Crippen molar-refractivity contribution in [2.75, 3.05) is 13.3 Å². The largest absolute Gasteiger partial charge is 0.360 e. The number of nitrogens with one attached hydrogen (secondary N) is 1. The minimum Gasteiger partial charge on any atom is -0.360 e. The Hall–Kier alpha value is -0.0800. The summed E-state index contributed by atoms with van der Waals surface area (Å²) in [7, 11) is 0. The zero-order valence-electron chi connectivity index (χ0n) is 9.98. The Morgan fingerprint density at radius 1 is 1.15 bits per heavy atom. The van der Waals surface area contributed by atoms with Gasteiger partial charge in [0.05, 0.1) is 12.3 Å². The molecule has 0 aromatic carbocycles. The summed E-state index contributed by atoms with van der Waals surface area (Å²) in [6, 6.07) is 0. The lowest BCUT2D eigenvalue weighted by Crippen LogP contribution is -2.36. The molecule has 0 saturated carbocycles. The molecular formula is C11H25NO. The molecule has 2 nitrogen and oxygen atoms in total. The molecular weight excluding hydrogens is 162 g/mol. The third-order valence-corrected chi connectivity index (χ3v) is 2.49. The molecule has 0 saturated heterocycles. The normalized spacial score (nSPS) is 12.9. The summed E-state index contributed by atoms with van der Waals surface area (Å²) in [6.45, 7) is 14.7. The predicted octanol–water partition coefficient (Wildman–Crippen LogP) is 2.64. The summed E-state index contributed by atoms with van der Waals surface area (Å²) in [5.41, 5.74) is -0.0238.